The Balaban J connectivity index is 2.32. The second-order valence-electron chi connectivity index (χ2n) is 3.75. The molecule has 1 fully saturated rings. The van der Waals surface area contributed by atoms with E-state index >= 15 is 0 Å². The van der Waals surface area contributed by atoms with Crippen LogP contribution in [-0.2, 0) is 9.53 Å². The summed E-state index contributed by atoms with van der Waals surface area (Å²) in [6.45, 7) is 7.32. The molecule has 0 aromatic rings. The van der Waals surface area contributed by atoms with Crippen LogP contribution in [0, 0.1) is 0 Å². The van der Waals surface area contributed by atoms with E-state index in [9.17, 15) is 4.79 Å². The summed E-state index contributed by atoms with van der Waals surface area (Å²) >= 11 is 0. The van der Waals surface area contributed by atoms with Gasteiger partial charge in [0.2, 0.25) is 5.91 Å². The lowest BCUT2D eigenvalue weighted by Gasteiger charge is -2.20. The molecule has 4 nitrogen and oxygen atoms in total. The van der Waals surface area contributed by atoms with Crippen molar-refractivity contribution in [2.24, 2.45) is 0 Å². The van der Waals surface area contributed by atoms with Gasteiger partial charge in [0.25, 0.3) is 0 Å². The number of hydrogen-bond acceptors (Lipinski definition) is 3. The Morgan fingerprint density at radius 2 is 2.36 bits per heavy atom. The van der Waals surface area contributed by atoms with Crippen LogP contribution in [0.25, 0.3) is 0 Å². The van der Waals surface area contributed by atoms with Crippen molar-refractivity contribution in [3.8, 4) is 0 Å². The van der Waals surface area contributed by atoms with Crippen molar-refractivity contribution in [1.82, 2.24) is 10.6 Å². The number of carbonyl (C=O) groups is 1. The average molecular weight is 200 g/mol. The van der Waals surface area contributed by atoms with E-state index in [-0.39, 0.29) is 18.1 Å². The van der Waals surface area contributed by atoms with Crippen LogP contribution in [-0.4, -0.2) is 37.2 Å². The fraction of sp³-hybridized carbons (Fsp3) is 0.900. The van der Waals surface area contributed by atoms with Gasteiger partial charge >= 0.3 is 0 Å². The summed E-state index contributed by atoms with van der Waals surface area (Å²) in [5, 5.41) is 6.07. The molecule has 1 saturated heterocycles. The van der Waals surface area contributed by atoms with Crippen LogP contribution < -0.4 is 10.6 Å². The number of likely N-dealkylation sites (N-methyl/N-ethyl adjacent to an activating group) is 1. The van der Waals surface area contributed by atoms with Crippen molar-refractivity contribution in [1.29, 1.82) is 0 Å². The van der Waals surface area contributed by atoms with Crippen LogP contribution >= 0.6 is 0 Å². The van der Waals surface area contributed by atoms with Crippen LogP contribution in [0.4, 0.5) is 0 Å². The van der Waals surface area contributed by atoms with Gasteiger partial charge in [0.15, 0.2) is 0 Å². The summed E-state index contributed by atoms with van der Waals surface area (Å²) in [6, 6.07) is 0.178. The van der Waals surface area contributed by atoms with Gasteiger partial charge in [-0.25, -0.2) is 0 Å². The van der Waals surface area contributed by atoms with E-state index in [1.165, 1.54) is 0 Å². The second kappa shape index (κ2) is 5.32. The Bertz CT molecular complexity index is 197. The van der Waals surface area contributed by atoms with Crippen LogP contribution in [0.5, 0.6) is 0 Å². The SMILES string of the molecule is CCNC(=O)C(C)NC1CCOC1C. The summed E-state index contributed by atoms with van der Waals surface area (Å²) in [5.74, 6) is 0.0617. The van der Waals surface area contributed by atoms with Crippen molar-refractivity contribution in [3.63, 3.8) is 0 Å². The maximum absolute atomic E-state index is 11.4. The molecule has 1 amide bonds. The maximum Gasteiger partial charge on any atom is 0.236 e. The van der Waals surface area contributed by atoms with Gasteiger partial charge in [-0.2, -0.15) is 0 Å². The fourth-order valence-corrected chi connectivity index (χ4v) is 1.67. The first-order valence-electron chi connectivity index (χ1n) is 5.30. The minimum Gasteiger partial charge on any atom is -0.377 e. The van der Waals surface area contributed by atoms with Gasteiger partial charge in [0.1, 0.15) is 0 Å². The highest BCUT2D eigenvalue weighted by Crippen LogP contribution is 2.12. The van der Waals surface area contributed by atoms with Crippen molar-refractivity contribution in [2.45, 2.75) is 45.4 Å². The molecule has 4 heteroatoms. The maximum atomic E-state index is 11.4. The summed E-state index contributed by atoms with van der Waals surface area (Å²) < 4.78 is 5.41. The summed E-state index contributed by atoms with van der Waals surface area (Å²) in [4.78, 5) is 11.4. The lowest BCUT2D eigenvalue weighted by atomic mass is 10.1. The molecule has 2 N–H and O–H groups in total. The third kappa shape index (κ3) is 2.96. The lowest BCUT2D eigenvalue weighted by Crippen LogP contribution is -2.48. The lowest BCUT2D eigenvalue weighted by molar-refractivity contribution is -0.122. The molecule has 0 aliphatic carbocycles. The van der Waals surface area contributed by atoms with Crippen LogP contribution in [0.3, 0.4) is 0 Å². The number of hydrogen-bond donors (Lipinski definition) is 2. The predicted molar refractivity (Wildman–Crippen MR) is 55.1 cm³/mol. The molecule has 14 heavy (non-hydrogen) atoms. The fourth-order valence-electron chi connectivity index (χ4n) is 1.67. The van der Waals surface area contributed by atoms with Gasteiger partial charge in [0.05, 0.1) is 12.1 Å². The minimum absolute atomic E-state index is 0.0617. The Labute approximate surface area is 85.4 Å². The largest absolute Gasteiger partial charge is 0.377 e. The molecule has 0 aromatic heterocycles. The molecule has 0 bridgehead atoms. The van der Waals surface area contributed by atoms with Crippen LogP contribution in [0.15, 0.2) is 0 Å². The van der Waals surface area contributed by atoms with Gasteiger partial charge in [-0.1, -0.05) is 0 Å². The molecular weight excluding hydrogens is 180 g/mol. The molecule has 3 unspecified atom stereocenters. The molecule has 0 aromatic carbocycles. The van der Waals surface area contributed by atoms with Gasteiger partial charge in [-0.15, -0.1) is 0 Å². The zero-order chi connectivity index (χ0) is 10.6. The Morgan fingerprint density at radius 3 is 2.86 bits per heavy atom. The van der Waals surface area contributed by atoms with Gasteiger partial charge in [0, 0.05) is 19.2 Å². The first kappa shape index (κ1) is 11.5. The molecular formula is C10H20N2O2. The van der Waals surface area contributed by atoms with Gasteiger partial charge in [-0.05, 0) is 27.2 Å². The highest BCUT2D eigenvalue weighted by Gasteiger charge is 2.26. The number of nitrogens with one attached hydrogen (secondary N) is 2. The van der Waals surface area contributed by atoms with Crippen molar-refractivity contribution >= 4 is 5.91 Å². The first-order chi connectivity index (χ1) is 6.65. The summed E-state index contributed by atoms with van der Waals surface area (Å²) in [5.41, 5.74) is 0. The Kier molecular flexibility index (Phi) is 4.35. The average Bonchev–Trinajstić information content (AvgIpc) is 2.52. The number of amides is 1. The minimum atomic E-state index is -0.135. The Hall–Kier alpha value is -0.610. The van der Waals surface area contributed by atoms with E-state index < -0.39 is 0 Å². The Morgan fingerprint density at radius 1 is 1.64 bits per heavy atom. The zero-order valence-electron chi connectivity index (χ0n) is 9.17. The molecule has 1 aliphatic rings. The summed E-state index contributed by atoms with van der Waals surface area (Å²) in [6.07, 6.45) is 1.21. The first-order valence-corrected chi connectivity index (χ1v) is 5.30. The molecule has 82 valence electrons. The van der Waals surface area contributed by atoms with E-state index in [2.05, 4.69) is 10.6 Å². The van der Waals surface area contributed by atoms with E-state index in [1.54, 1.807) is 0 Å². The third-order valence-corrected chi connectivity index (χ3v) is 2.58. The summed E-state index contributed by atoms with van der Waals surface area (Å²) in [7, 11) is 0. The number of ether oxygens (including phenoxy) is 1. The normalized spacial score (nSPS) is 28.8. The van der Waals surface area contributed by atoms with Crippen LogP contribution in [0.1, 0.15) is 27.2 Å². The highest BCUT2D eigenvalue weighted by atomic mass is 16.5. The second-order valence-corrected chi connectivity index (χ2v) is 3.75. The molecule has 0 spiro atoms. The van der Waals surface area contributed by atoms with Gasteiger partial charge in [-0.3, -0.25) is 4.79 Å². The van der Waals surface area contributed by atoms with Crippen LogP contribution in [0.2, 0.25) is 0 Å². The zero-order valence-corrected chi connectivity index (χ0v) is 9.17. The quantitative estimate of drug-likeness (QED) is 0.685. The van der Waals surface area contributed by atoms with Crippen molar-refractivity contribution < 1.29 is 9.53 Å². The molecule has 1 aliphatic heterocycles. The number of rotatable bonds is 4. The topological polar surface area (TPSA) is 50.4 Å². The van der Waals surface area contributed by atoms with E-state index in [0.29, 0.717) is 12.6 Å². The molecule has 0 saturated carbocycles. The molecule has 3 atom stereocenters. The highest BCUT2D eigenvalue weighted by molar-refractivity contribution is 5.81. The molecule has 1 heterocycles. The predicted octanol–water partition coefficient (Wildman–Crippen LogP) is 0.278. The molecule has 1 rings (SSSR count). The molecule has 0 radical (unpaired) electrons. The van der Waals surface area contributed by atoms with E-state index in [0.717, 1.165) is 13.0 Å². The van der Waals surface area contributed by atoms with E-state index in [4.69, 9.17) is 4.74 Å². The van der Waals surface area contributed by atoms with Crippen molar-refractivity contribution in [2.75, 3.05) is 13.2 Å². The monoisotopic (exact) mass is 200 g/mol. The standard InChI is InChI=1S/C10H20N2O2/c1-4-11-10(13)7(2)12-9-5-6-14-8(9)3/h7-9,12H,4-6H2,1-3H3,(H,11,13). The van der Waals surface area contributed by atoms with E-state index in [1.807, 2.05) is 20.8 Å². The third-order valence-electron chi connectivity index (χ3n) is 2.58. The number of carbonyl (C=O) groups excluding carboxylic acids is 1. The van der Waals surface area contributed by atoms with Crippen molar-refractivity contribution in [3.05, 3.63) is 0 Å². The van der Waals surface area contributed by atoms with Gasteiger partial charge < -0.3 is 15.4 Å². The smallest absolute Gasteiger partial charge is 0.236 e.